The van der Waals surface area contributed by atoms with Crippen molar-refractivity contribution in [2.24, 2.45) is 281 Å². The van der Waals surface area contributed by atoms with Crippen molar-refractivity contribution in [1.29, 1.82) is 0 Å². The first kappa shape index (κ1) is 50.3. The third kappa shape index (κ3) is 1.13. The highest BCUT2D eigenvalue weighted by Crippen LogP contribution is 3.88. The SMILES string of the molecule is CC1CC2C3(CC3)CC34C5C26C1(C)C1(C)C2(C)C7(C)C8(C)C9(C)C%10(C)C%11(C)C%12(C)C(C)(C)C%13(C)C%14(C)C%15(C)C%16(C)C%17(C)C%18(C)CC%19C(C)C%20(C)C%19%18C%17%18C%20%17C%19(C)C%20(C)C%21(C)C%22(C)C%23%24C%25(C)C(C)C%26C%27CCC%27%28C%27(C)C3(C3%29CC3%30CC%30%29)C3(C4%29C54C61C21C72C85C96C%107C%118C%13%12C%149C%15%10C%11%12C%13(CCC%13)C%17(C%16%18%10)C%19%10C%20%13C%21%14C%22%15C%233C%293C41C21C%153C%142C%133C%11%10C7(C%1298)C63C512)C%27%24C%26%25%28. The highest BCUT2D eigenvalue weighted by Gasteiger charge is 3.82. The van der Waals surface area contributed by atoms with Gasteiger partial charge in [-0.25, -0.2) is 0 Å². The molecule has 61 fully saturated rings. The minimum absolute atomic E-state index is 0.356. The average Bonchev–Trinajstić information content (AvgIpc) is 1.32. The van der Waals surface area contributed by atoms with Crippen molar-refractivity contribution < 1.29 is 0 Å². The molecule has 0 nitrogen and oxygen atoms in total. The van der Waals surface area contributed by atoms with Crippen LogP contribution in [-0.2, 0) is 0 Å². The Morgan fingerprint density at radius 3 is 1.17 bits per heavy atom. The Labute approximate surface area is 686 Å². The van der Waals surface area contributed by atoms with Gasteiger partial charge in [-0.1, -0.05) is 193 Å². The first-order valence-corrected chi connectivity index (χ1v) is 54.9. The van der Waals surface area contributed by atoms with Crippen molar-refractivity contribution in [1.82, 2.24) is 0 Å². The molecule has 0 aromatic carbocycles. The summed E-state index contributed by atoms with van der Waals surface area (Å²) in [5.41, 5.74) is 44.7. The van der Waals surface area contributed by atoms with Crippen LogP contribution in [0.25, 0.3) is 0 Å². The lowest BCUT2D eigenvalue weighted by Crippen LogP contribution is -3.70. The highest BCUT2D eigenvalue weighted by atomic mass is 15.8. The Morgan fingerprint density at radius 1 is 0.248 bits per heavy atom. The molecule has 61 rings (SSSR count). The van der Waals surface area contributed by atoms with Crippen LogP contribution in [-0.4, -0.2) is 0 Å². The molecule has 0 saturated heterocycles. The van der Waals surface area contributed by atoms with Crippen LogP contribution in [0.2, 0.25) is 0 Å². The van der Waals surface area contributed by atoms with E-state index in [0.29, 0.717) is 238 Å². The molecule has 0 radical (unpaired) electrons. The fourth-order valence-electron chi connectivity index (χ4n) is 115. The van der Waals surface area contributed by atoms with Crippen LogP contribution < -0.4 is 0 Å². The van der Waals surface area contributed by atoms with E-state index in [1.165, 1.54) is 11.8 Å². The van der Waals surface area contributed by atoms with Crippen LogP contribution in [0.1, 0.15) is 264 Å². The van der Waals surface area contributed by atoms with Gasteiger partial charge < -0.3 is 0 Å². The van der Waals surface area contributed by atoms with Gasteiger partial charge in [0.1, 0.15) is 0 Å². The number of rotatable bonds is 1. The van der Waals surface area contributed by atoms with E-state index in [-0.39, 0.29) is 0 Å². The Morgan fingerprint density at radius 2 is 0.658 bits per heavy atom. The maximum absolute atomic E-state index is 3.78. The zero-order valence-corrected chi connectivity index (χ0v) is 75.2. The monoisotopic (exact) mass is 1520 g/mol. The van der Waals surface area contributed by atoms with Crippen molar-refractivity contribution in [2.45, 2.75) is 264 Å². The van der Waals surface area contributed by atoms with Gasteiger partial charge in [0.2, 0.25) is 0 Å². The summed E-state index contributed by atoms with van der Waals surface area (Å²) >= 11 is 0. The van der Waals surface area contributed by atoms with Crippen molar-refractivity contribution in [3.8, 4) is 0 Å². The predicted octanol–water partition coefficient (Wildman–Crippen LogP) is 21.8. The van der Waals surface area contributed by atoms with Gasteiger partial charge in [-0.15, -0.1) is 0 Å². The van der Waals surface area contributed by atoms with Gasteiger partial charge in [-0.05, 0) is 498 Å². The molecule has 75 atom stereocenters. The standard InChI is InChI=1S/C117H114/c1-40-35-45-72(33-34-72)38-77-48-78(45)51(40,7)57(13)61(17)64(20)66(22)65(21)63(19)59(15)55(11)49(4,5)54(10)58(14)62(18)60(16)56(12)50(6)36-44-41(2)52(8)79(44,50)87(56)82(52)69(25)67(23)68(24)70(26)83-53(9)42(3)47-43-29-32-75(43)71(27)85(77,76-39-73(76)37-46(73)76)107(88(71,83)80(47,53)75)104(77)81(48)86(57,78)91(61)95(64)97(66)96(65)94(63)90(59)84(54,55)89(58)93(62)92(60,87)102(82)74(30-28-31-74)103(93)108(89,90)111(94)109(103)100(69,102)98(67)99(68)101(70)106(83,107)117(104)105(81,91)110(95)113(97)114(96,111)112(98,109)115(99,113)116(101,110)117/h40-48H,28-39H2,1-27H3. The lowest BCUT2D eigenvalue weighted by molar-refractivity contribution is -0.993. The summed E-state index contributed by atoms with van der Waals surface area (Å²) in [5, 5.41) is 0. The van der Waals surface area contributed by atoms with E-state index in [1.54, 1.807) is 51.4 Å². The van der Waals surface area contributed by atoms with Crippen molar-refractivity contribution in [3.05, 3.63) is 146 Å². The van der Waals surface area contributed by atoms with Crippen molar-refractivity contribution >= 4 is 0 Å². The predicted molar refractivity (Wildman–Crippen MR) is 430 cm³/mol. The molecule has 0 aliphatic heterocycles. The molecule has 582 valence electrons. The molecule has 0 aromatic heterocycles. The Kier molecular flexibility index (Phi) is 3.21. The summed E-state index contributed by atoms with van der Waals surface area (Å²) in [5.74, 6) is 9.85. The van der Waals surface area contributed by atoms with Crippen LogP contribution in [0.4, 0.5) is 0 Å². The molecular formula is C117H114. The molecule has 0 heterocycles. The van der Waals surface area contributed by atoms with Gasteiger partial charge in [0.25, 0.3) is 0 Å². The third-order valence-electron chi connectivity index (χ3n) is 95.4. The largest absolute Gasteiger partial charge is 0.0619 e. The lowest BCUT2D eigenvalue weighted by atomic mass is 8.27. The van der Waals surface area contributed by atoms with E-state index in [9.17, 15) is 0 Å². The Bertz CT molecular complexity index is 7980. The molecule has 117 heavy (non-hydrogen) atoms. The zero-order valence-electron chi connectivity index (χ0n) is 75.2. The molecule has 0 aromatic rings. The first-order valence-electron chi connectivity index (χ1n) is 54.9. The molecule has 75 unspecified atom stereocenters. The van der Waals surface area contributed by atoms with Crippen LogP contribution in [0.5, 0.6) is 0 Å². The second-order valence-electron chi connectivity index (χ2n) is 72.3. The number of hydrogen-bond acceptors (Lipinski definition) is 0. The van der Waals surface area contributed by atoms with Gasteiger partial charge in [-0.2, -0.15) is 0 Å². The minimum atomic E-state index is 0.356. The maximum atomic E-state index is 3.78. The molecule has 0 amide bonds. The Hall–Kier alpha value is 0. The summed E-state index contributed by atoms with van der Waals surface area (Å²) in [6.07, 6.45) is 21.3. The van der Waals surface area contributed by atoms with E-state index in [1.807, 2.05) is 25.7 Å². The molecule has 0 heteroatoms. The zero-order chi connectivity index (χ0) is 75.2. The molecule has 61 saturated carbocycles. The number of hydrogen-bond donors (Lipinski definition) is 0. The van der Waals surface area contributed by atoms with Crippen LogP contribution >= 0.6 is 0 Å². The molecule has 2 bridgehead atoms. The van der Waals surface area contributed by atoms with Gasteiger partial charge in [0.05, 0.1) is 0 Å². The second kappa shape index (κ2) is 7.48. The molecule has 0 N–H and O–H groups in total. The fourth-order valence-corrected chi connectivity index (χ4v) is 115. The van der Waals surface area contributed by atoms with Crippen LogP contribution in [0.3, 0.4) is 0 Å². The molecule has 44 spiro atoms. The van der Waals surface area contributed by atoms with E-state index in [4.69, 9.17) is 0 Å². The smallest absolute Gasteiger partial charge is 0.0000360 e. The summed E-state index contributed by atoms with van der Waals surface area (Å²) in [6, 6.07) is 0. The van der Waals surface area contributed by atoms with E-state index in [0.717, 1.165) is 177 Å². The lowest BCUT2D eigenvalue weighted by Gasteiger charge is -3.75. The summed E-state index contributed by atoms with van der Waals surface area (Å²) in [7, 11) is 0. The number of fused-ring (bicyclic) bond motifs is 21. The Balaban J connectivity index is 0.638. The van der Waals surface area contributed by atoms with Crippen molar-refractivity contribution in [2.75, 3.05) is 0 Å². The quantitative estimate of drug-likeness (QED) is 0.245. The maximum Gasteiger partial charge on any atom is -0.0000360 e. The van der Waals surface area contributed by atoms with Gasteiger partial charge in [0.15, 0.2) is 0 Å². The highest BCUT2D eigenvalue weighted by molar-refractivity contribution is 6.86. The fraction of sp³-hybridized carbons (Fsp3) is 1.00. The molecule has 61 aliphatic rings. The topological polar surface area (TPSA) is 0 Å². The summed E-state index contributed by atoms with van der Waals surface area (Å²) in [6.45, 7) is 94.4. The van der Waals surface area contributed by atoms with Gasteiger partial charge in [0, 0.05) is 0 Å². The van der Waals surface area contributed by atoms with Crippen LogP contribution in [0, 0.1) is 427 Å². The normalized spacial score (nSPS) is 122. The van der Waals surface area contributed by atoms with Crippen LogP contribution in [0.15, 0.2) is 0 Å². The summed E-state index contributed by atoms with van der Waals surface area (Å²) in [4.78, 5) is 0. The summed E-state index contributed by atoms with van der Waals surface area (Å²) < 4.78 is 0. The van der Waals surface area contributed by atoms with Gasteiger partial charge >= 0.3 is 0 Å². The average molecular weight is 1520 g/mol. The molecule has 61 aliphatic carbocycles. The third-order valence-corrected chi connectivity index (χ3v) is 95.4. The second-order valence-corrected chi connectivity index (χ2v) is 72.3. The van der Waals surface area contributed by atoms with Gasteiger partial charge in [-0.3, -0.25) is 0 Å². The minimum Gasteiger partial charge on any atom is -0.0619 e. The van der Waals surface area contributed by atoms with E-state index < -0.39 is 0 Å². The van der Waals surface area contributed by atoms with E-state index in [2.05, 4.69) is 187 Å². The van der Waals surface area contributed by atoms with E-state index >= 15 is 0 Å². The molecular weight excluding hydrogens is 1410 g/mol. The first-order chi connectivity index (χ1) is 54.9. The van der Waals surface area contributed by atoms with Crippen molar-refractivity contribution in [3.63, 3.8) is 0 Å².